The van der Waals surface area contributed by atoms with Gasteiger partial charge in [-0.25, -0.2) is 8.42 Å². The van der Waals surface area contributed by atoms with Gasteiger partial charge in [0.25, 0.3) is 5.91 Å². The Morgan fingerprint density at radius 1 is 1.20 bits per heavy atom. The number of sulfonamides is 1. The summed E-state index contributed by atoms with van der Waals surface area (Å²) < 4.78 is 36.3. The number of methoxy groups -OCH3 is 1. The second-order valence-corrected chi connectivity index (χ2v) is 7.31. The minimum absolute atomic E-state index is 0.0399. The summed E-state index contributed by atoms with van der Waals surface area (Å²) in [4.78, 5) is 23.7. The molecule has 1 aromatic rings. The molecule has 8 nitrogen and oxygen atoms in total. The number of carbonyl (C=O) groups is 2. The third-order valence-corrected chi connectivity index (χ3v) is 4.89. The van der Waals surface area contributed by atoms with Crippen LogP contribution in [0.3, 0.4) is 0 Å². The summed E-state index contributed by atoms with van der Waals surface area (Å²) in [5, 5.41) is 2.90. The molecule has 1 rings (SSSR count). The van der Waals surface area contributed by atoms with Crippen molar-refractivity contribution in [2.75, 3.05) is 20.3 Å². The van der Waals surface area contributed by atoms with Crippen molar-refractivity contribution in [3.05, 3.63) is 29.3 Å². The van der Waals surface area contributed by atoms with Gasteiger partial charge < -0.3 is 14.8 Å². The standard InChI is InChI=1S/C15H21ClN2O6S/c1-10(15(20)24-11(2)14(19)17-8-9-23-3)18-25(21,22)13-6-4-12(16)5-7-13/h4-7,10-11,18H,8-9H2,1-3H3,(H,17,19)/t10-,11-/m0/s1. The Hall–Kier alpha value is -1.68. The van der Waals surface area contributed by atoms with Gasteiger partial charge in [-0.15, -0.1) is 0 Å². The van der Waals surface area contributed by atoms with Crippen LogP contribution in [0, 0.1) is 0 Å². The second-order valence-electron chi connectivity index (χ2n) is 5.16. The van der Waals surface area contributed by atoms with Crippen LogP contribution >= 0.6 is 11.6 Å². The molecule has 0 aliphatic rings. The lowest BCUT2D eigenvalue weighted by Crippen LogP contribution is -2.43. The number of nitrogens with one attached hydrogen (secondary N) is 2. The molecule has 0 radical (unpaired) electrons. The molecule has 0 bridgehead atoms. The summed E-state index contributed by atoms with van der Waals surface area (Å²) in [5.74, 6) is -1.37. The summed E-state index contributed by atoms with van der Waals surface area (Å²) in [7, 11) is -2.43. The Bertz CT molecular complexity index is 692. The van der Waals surface area contributed by atoms with E-state index in [2.05, 4.69) is 10.0 Å². The predicted molar refractivity (Wildman–Crippen MR) is 91.7 cm³/mol. The molecule has 140 valence electrons. The third-order valence-electron chi connectivity index (χ3n) is 3.08. The lowest BCUT2D eigenvalue weighted by atomic mass is 10.3. The van der Waals surface area contributed by atoms with E-state index in [1.165, 1.54) is 45.2 Å². The highest BCUT2D eigenvalue weighted by Crippen LogP contribution is 2.14. The summed E-state index contributed by atoms with van der Waals surface area (Å²) in [6.45, 7) is 3.31. The van der Waals surface area contributed by atoms with Gasteiger partial charge in [-0.3, -0.25) is 9.59 Å². The first-order chi connectivity index (χ1) is 11.7. The molecule has 2 N–H and O–H groups in total. The lowest BCUT2D eigenvalue weighted by molar-refractivity contribution is -0.156. The molecule has 10 heteroatoms. The number of esters is 1. The van der Waals surface area contributed by atoms with E-state index in [1.54, 1.807) is 0 Å². The largest absolute Gasteiger partial charge is 0.451 e. The number of carbonyl (C=O) groups excluding carboxylic acids is 2. The van der Waals surface area contributed by atoms with Gasteiger partial charge in [0.1, 0.15) is 6.04 Å². The molecule has 0 aliphatic carbocycles. The van der Waals surface area contributed by atoms with Crippen molar-refractivity contribution in [3.8, 4) is 0 Å². The summed E-state index contributed by atoms with van der Waals surface area (Å²) in [6.07, 6.45) is -1.06. The Morgan fingerprint density at radius 2 is 1.80 bits per heavy atom. The fraction of sp³-hybridized carbons (Fsp3) is 0.467. The zero-order valence-electron chi connectivity index (χ0n) is 14.1. The first kappa shape index (κ1) is 21.4. The quantitative estimate of drug-likeness (QED) is 0.472. The summed E-state index contributed by atoms with van der Waals surface area (Å²) in [5.41, 5.74) is 0. The van der Waals surface area contributed by atoms with E-state index in [4.69, 9.17) is 21.1 Å². The van der Waals surface area contributed by atoms with E-state index in [-0.39, 0.29) is 11.4 Å². The number of halogens is 1. The van der Waals surface area contributed by atoms with Crippen LogP contribution in [-0.2, 0) is 29.1 Å². The average molecular weight is 393 g/mol. The number of amides is 1. The number of ether oxygens (including phenoxy) is 2. The number of hydrogen-bond donors (Lipinski definition) is 2. The van der Waals surface area contributed by atoms with Crippen LogP contribution in [0.15, 0.2) is 29.2 Å². The molecule has 0 saturated heterocycles. The monoisotopic (exact) mass is 392 g/mol. The van der Waals surface area contributed by atoms with Gasteiger partial charge in [-0.1, -0.05) is 11.6 Å². The highest BCUT2D eigenvalue weighted by Gasteiger charge is 2.26. The topological polar surface area (TPSA) is 111 Å². The van der Waals surface area contributed by atoms with Crippen molar-refractivity contribution in [1.29, 1.82) is 0 Å². The zero-order valence-corrected chi connectivity index (χ0v) is 15.7. The molecule has 1 aromatic carbocycles. The minimum atomic E-state index is -3.92. The number of rotatable bonds is 9. The molecular weight excluding hydrogens is 372 g/mol. The SMILES string of the molecule is COCCNC(=O)[C@H](C)OC(=O)[C@H](C)NS(=O)(=O)c1ccc(Cl)cc1. The van der Waals surface area contributed by atoms with Crippen LogP contribution in [-0.4, -0.2) is 52.7 Å². The van der Waals surface area contributed by atoms with Crippen LogP contribution in [0.25, 0.3) is 0 Å². The van der Waals surface area contributed by atoms with Gasteiger partial charge in [0.2, 0.25) is 10.0 Å². The number of hydrogen-bond acceptors (Lipinski definition) is 6. The summed E-state index contributed by atoms with van der Waals surface area (Å²) in [6, 6.07) is 4.30. The highest BCUT2D eigenvalue weighted by molar-refractivity contribution is 7.89. The normalized spacial score (nSPS) is 13.8. The Kier molecular flexibility index (Phi) is 8.30. The maximum Gasteiger partial charge on any atom is 0.324 e. The van der Waals surface area contributed by atoms with Crippen molar-refractivity contribution in [1.82, 2.24) is 10.0 Å². The molecule has 0 aromatic heterocycles. The first-order valence-electron chi connectivity index (χ1n) is 7.42. The van der Waals surface area contributed by atoms with Crippen LogP contribution in [0.5, 0.6) is 0 Å². The summed E-state index contributed by atoms with van der Waals surface area (Å²) >= 11 is 5.72. The maximum absolute atomic E-state index is 12.2. The fourth-order valence-corrected chi connectivity index (χ4v) is 3.03. The smallest absolute Gasteiger partial charge is 0.324 e. The molecule has 2 atom stereocenters. The van der Waals surface area contributed by atoms with Crippen LogP contribution in [0.1, 0.15) is 13.8 Å². The highest BCUT2D eigenvalue weighted by atomic mass is 35.5. The van der Waals surface area contributed by atoms with Gasteiger partial charge in [0.15, 0.2) is 6.10 Å². The van der Waals surface area contributed by atoms with Gasteiger partial charge in [-0.05, 0) is 38.1 Å². The predicted octanol–water partition coefficient (Wildman–Crippen LogP) is 0.701. The van der Waals surface area contributed by atoms with Crippen molar-refractivity contribution in [3.63, 3.8) is 0 Å². The first-order valence-corrected chi connectivity index (χ1v) is 9.28. The van der Waals surface area contributed by atoms with Crippen molar-refractivity contribution in [2.24, 2.45) is 0 Å². The van der Waals surface area contributed by atoms with Gasteiger partial charge >= 0.3 is 5.97 Å². The zero-order chi connectivity index (χ0) is 19.0. The van der Waals surface area contributed by atoms with Gasteiger partial charge in [0, 0.05) is 18.7 Å². The van der Waals surface area contributed by atoms with E-state index in [1.807, 2.05) is 0 Å². The maximum atomic E-state index is 12.2. The van der Waals surface area contributed by atoms with Gasteiger partial charge in [0.05, 0.1) is 11.5 Å². The fourth-order valence-electron chi connectivity index (χ4n) is 1.71. The average Bonchev–Trinajstić information content (AvgIpc) is 2.54. The lowest BCUT2D eigenvalue weighted by Gasteiger charge is -2.17. The van der Waals surface area contributed by atoms with Crippen molar-refractivity contribution in [2.45, 2.75) is 30.9 Å². The second kappa shape index (κ2) is 9.71. The van der Waals surface area contributed by atoms with Gasteiger partial charge in [-0.2, -0.15) is 4.72 Å². The molecule has 0 aliphatic heterocycles. The van der Waals surface area contributed by atoms with E-state index < -0.39 is 34.0 Å². The third kappa shape index (κ3) is 6.99. The van der Waals surface area contributed by atoms with E-state index in [0.29, 0.717) is 11.6 Å². The molecule has 0 unspecified atom stereocenters. The molecule has 0 heterocycles. The van der Waals surface area contributed by atoms with Crippen LogP contribution in [0.4, 0.5) is 0 Å². The molecular formula is C15H21ClN2O6S. The minimum Gasteiger partial charge on any atom is -0.451 e. The number of benzene rings is 1. The van der Waals surface area contributed by atoms with Crippen molar-refractivity contribution < 1.29 is 27.5 Å². The van der Waals surface area contributed by atoms with Crippen LogP contribution in [0.2, 0.25) is 5.02 Å². The Morgan fingerprint density at radius 3 is 2.36 bits per heavy atom. The molecule has 1 amide bonds. The molecule has 25 heavy (non-hydrogen) atoms. The molecule has 0 saturated carbocycles. The Labute approximate surface area is 151 Å². The Balaban J connectivity index is 2.61. The van der Waals surface area contributed by atoms with Crippen molar-refractivity contribution >= 4 is 33.5 Å². The molecule has 0 spiro atoms. The van der Waals surface area contributed by atoms with E-state index in [0.717, 1.165) is 0 Å². The molecule has 0 fully saturated rings. The van der Waals surface area contributed by atoms with E-state index >= 15 is 0 Å². The van der Waals surface area contributed by atoms with Crippen LogP contribution < -0.4 is 10.0 Å². The van der Waals surface area contributed by atoms with E-state index in [9.17, 15) is 18.0 Å².